The van der Waals surface area contributed by atoms with E-state index in [0.29, 0.717) is 41.8 Å². The molecule has 1 fully saturated rings. The van der Waals surface area contributed by atoms with Crippen LogP contribution in [0.4, 0.5) is 29.7 Å². The van der Waals surface area contributed by atoms with Gasteiger partial charge in [0.1, 0.15) is 17.7 Å². The van der Waals surface area contributed by atoms with E-state index in [1.807, 2.05) is 13.0 Å². The zero-order valence-corrected chi connectivity index (χ0v) is 23.6. The zero-order valence-electron chi connectivity index (χ0n) is 23.6. The smallest absolute Gasteiger partial charge is 0.411 e. The number of benzene rings is 2. The van der Waals surface area contributed by atoms with Crippen molar-refractivity contribution in [2.24, 2.45) is 5.92 Å². The van der Waals surface area contributed by atoms with Crippen LogP contribution in [-0.2, 0) is 14.3 Å². The third kappa shape index (κ3) is 5.90. The van der Waals surface area contributed by atoms with Gasteiger partial charge >= 0.3 is 12.2 Å². The minimum Gasteiger partial charge on any atom is -0.453 e. The van der Waals surface area contributed by atoms with Crippen LogP contribution in [0.15, 0.2) is 48.8 Å². The van der Waals surface area contributed by atoms with Gasteiger partial charge in [0, 0.05) is 48.1 Å². The molecule has 1 saturated heterocycles. The molecule has 220 valence electrons. The normalized spacial score (nSPS) is 20.8. The van der Waals surface area contributed by atoms with Crippen LogP contribution in [-0.4, -0.2) is 41.6 Å². The van der Waals surface area contributed by atoms with E-state index in [-0.39, 0.29) is 35.9 Å². The molecule has 42 heavy (non-hydrogen) atoms. The Morgan fingerprint density at radius 1 is 1.12 bits per heavy atom. The number of rotatable bonds is 3. The number of nitrogens with one attached hydrogen (secondary N) is 2. The molecule has 2 aliphatic heterocycles. The predicted molar refractivity (Wildman–Crippen MR) is 152 cm³/mol. The molecule has 5 rings (SSSR count). The molecule has 3 amide bonds. The Labute approximate surface area is 242 Å². The van der Waals surface area contributed by atoms with E-state index in [1.54, 1.807) is 35.5 Å². The van der Waals surface area contributed by atoms with Gasteiger partial charge in [0.15, 0.2) is 0 Å². The van der Waals surface area contributed by atoms with Crippen molar-refractivity contribution in [1.82, 2.24) is 9.88 Å². The second kappa shape index (κ2) is 12.1. The number of cyclic esters (lactones) is 1. The Morgan fingerprint density at radius 3 is 2.69 bits per heavy atom. The van der Waals surface area contributed by atoms with Crippen LogP contribution >= 0.6 is 0 Å². The molecule has 1 aromatic heterocycles. The molecule has 3 aromatic rings. The molecule has 2 aromatic carbocycles. The van der Waals surface area contributed by atoms with Crippen molar-refractivity contribution in [3.63, 3.8) is 0 Å². The summed E-state index contributed by atoms with van der Waals surface area (Å²) in [5.41, 5.74) is 3.10. The fourth-order valence-electron chi connectivity index (χ4n) is 5.50. The number of fused-ring (bicyclic) bond motifs is 4. The Bertz CT molecular complexity index is 1530. The lowest BCUT2D eigenvalue weighted by Crippen LogP contribution is -2.42. The third-order valence-electron chi connectivity index (χ3n) is 7.85. The van der Waals surface area contributed by atoms with Crippen molar-refractivity contribution in [3.8, 4) is 11.1 Å². The van der Waals surface area contributed by atoms with E-state index in [2.05, 4.69) is 20.4 Å². The summed E-state index contributed by atoms with van der Waals surface area (Å²) in [4.78, 5) is 44.2. The molecule has 2 N–H and O–H groups in total. The molecule has 2 aliphatic rings. The zero-order chi connectivity index (χ0) is 30.0. The standard InChI is InChI=1S/C31H32F2N4O5/c1-17-7-10-23(32)27(28(17)33)26-11-12-37(31(40)42-26)25-6-4-5-18(2)29(38)36-24-14-21(35-30(39)41-3)8-9-22(24)19-13-20(25)16-34-15-19/h7-10,13-16,18,25-26H,4-6,11-12H2,1-3H3,(H,35,39)(H,36,38)/t18-,25+,26?/m1/s1. The van der Waals surface area contributed by atoms with E-state index >= 15 is 0 Å². The van der Waals surface area contributed by atoms with E-state index in [4.69, 9.17) is 4.74 Å². The molecule has 2 bridgehead atoms. The Kier molecular flexibility index (Phi) is 8.37. The second-order valence-electron chi connectivity index (χ2n) is 10.7. The van der Waals surface area contributed by atoms with Crippen molar-refractivity contribution >= 4 is 29.5 Å². The molecule has 3 heterocycles. The average Bonchev–Trinajstić information content (AvgIpc) is 2.97. The van der Waals surface area contributed by atoms with Gasteiger partial charge in [0.2, 0.25) is 5.91 Å². The van der Waals surface area contributed by atoms with Gasteiger partial charge in [-0.25, -0.2) is 18.4 Å². The van der Waals surface area contributed by atoms with Gasteiger partial charge < -0.3 is 19.7 Å². The number of carbonyl (C=O) groups excluding carboxylic acids is 3. The highest BCUT2D eigenvalue weighted by Crippen LogP contribution is 2.39. The van der Waals surface area contributed by atoms with Crippen LogP contribution in [0.3, 0.4) is 0 Å². The van der Waals surface area contributed by atoms with Crippen LogP contribution in [0.2, 0.25) is 0 Å². The minimum atomic E-state index is -1.03. The van der Waals surface area contributed by atoms with Gasteiger partial charge in [-0.2, -0.15) is 0 Å². The number of amides is 3. The van der Waals surface area contributed by atoms with Crippen molar-refractivity contribution in [2.45, 2.75) is 51.7 Å². The lowest BCUT2D eigenvalue weighted by Gasteiger charge is -2.38. The number of carbonyl (C=O) groups is 3. The SMILES string of the molecule is COC(=O)Nc1ccc2c(c1)NC(=O)[C@H](C)CCC[C@H](N1CCC(c3c(F)ccc(C)c3F)OC1=O)c1cncc-2c1. The van der Waals surface area contributed by atoms with Gasteiger partial charge in [0.25, 0.3) is 0 Å². The van der Waals surface area contributed by atoms with Crippen LogP contribution in [0.1, 0.15) is 61.4 Å². The first-order valence-corrected chi connectivity index (χ1v) is 13.8. The highest BCUT2D eigenvalue weighted by molar-refractivity contribution is 5.98. The van der Waals surface area contributed by atoms with E-state index in [0.717, 1.165) is 5.56 Å². The maximum atomic E-state index is 14.8. The maximum Gasteiger partial charge on any atom is 0.411 e. The maximum absolute atomic E-state index is 14.8. The van der Waals surface area contributed by atoms with Gasteiger partial charge in [-0.05, 0) is 55.2 Å². The van der Waals surface area contributed by atoms with Crippen LogP contribution in [0.5, 0.6) is 0 Å². The van der Waals surface area contributed by atoms with Crippen LogP contribution in [0, 0.1) is 24.5 Å². The van der Waals surface area contributed by atoms with Crippen molar-refractivity contribution < 1.29 is 32.6 Å². The van der Waals surface area contributed by atoms with Crippen molar-refractivity contribution in [3.05, 3.63) is 77.1 Å². The number of aromatic nitrogens is 1. The molecule has 3 atom stereocenters. The lowest BCUT2D eigenvalue weighted by atomic mass is 9.93. The largest absolute Gasteiger partial charge is 0.453 e. The summed E-state index contributed by atoms with van der Waals surface area (Å²) >= 11 is 0. The summed E-state index contributed by atoms with van der Waals surface area (Å²) in [5, 5.41) is 5.59. The van der Waals surface area contributed by atoms with Gasteiger partial charge in [-0.1, -0.05) is 25.5 Å². The summed E-state index contributed by atoms with van der Waals surface area (Å²) < 4.78 is 39.7. The van der Waals surface area contributed by atoms with E-state index in [1.165, 1.54) is 26.2 Å². The fraction of sp³-hybridized carbons (Fsp3) is 0.355. The minimum absolute atomic E-state index is 0.185. The highest BCUT2D eigenvalue weighted by atomic mass is 19.1. The summed E-state index contributed by atoms with van der Waals surface area (Å²) in [6.45, 7) is 3.59. The number of halogens is 2. The van der Waals surface area contributed by atoms with E-state index in [9.17, 15) is 23.2 Å². The monoisotopic (exact) mass is 578 g/mol. The molecular formula is C31H32F2N4O5. The Morgan fingerprint density at radius 2 is 1.93 bits per heavy atom. The van der Waals surface area contributed by atoms with Crippen LogP contribution < -0.4 is 10.6 Å². The topological polar surface area (TPSA) is 110 Å². The van der Waals surface area contributed by atoms with Gasteiger partial charge in [-0.15, -0.1) is 0 Å². The van der Waals surface area contributed by atoms with Crippen molar-refractivity contribution in [2.75, 3.05) is 24.3 Å². The lowest BCUT2D eigenvalue weighted by molar-refractivity contribution is -0.119. The van der Waals surface area contributed by atoms with Gasteiger partial charge in [0.05, 0.1) is 24.4 Å². The highest BCUT2D eigenvalue weighted by Gasteiger charge is 2.36. The first-order valence-electron chi connectivity index (χ1n) is 13.8. The number of hydrogen-bond acceptors (Lipinski definition) is 6. The van der Waals surface area contributed by atoms with E-state index < -0.39 is 36.0 Å². The first-order chi connectivity index (χ1) is 20.2. The molecule has 11 heteroatoms. The molecule has 9 nitrogen and oxygen atoms in total. The summed E-state index contributed by atoms with van der Waals surface area (Å²) in [6.07, 6.45) is 2.92. The second-order valence-corrected chi connectivity index (χ2v) is 10.7. The molecular weight excluding hydrogens is 546 g/mol. The van der Waals surface area contributed by atoms with Crippen molar-refractivity contribution in [1.29, 1.82) is 0 Å². The summed E-state index contributed by atoms with van der Waals surface area (Å²) in [6, 6.07) is 9.11. The molecule has 0 radical (unpaired) electrons. The number of anilines is 2. The number of aryl methyl sites for hydroxylation is 1. The Hall–Kier alpha value is -4.54. The average molecular weight is 579 g/mol. The fourth-order valence-corrected chi connectivity index (χ4v) is 5.50. The molecule has 0 spiro atoms. The predicted octanol–water partition coefficient (Wildman–Crippen LogP) is 6.90. The molecule has 0 saturated carbocycles. The molecule has 1 unspecified atom stereocenters. The Balaban J connectivity index is 1.48. The summed E-state index contributed by atoms with van der Waals surface area (Å²) in [7, 11) is 1.26. The summed E-state index contributed by atoms with van der Waals surface area (Å²) in [5.74, 6) is -1.98. The number of ether oxygens (including phenoxy) is 2. The van der Waals surface area contributed by atoms with Gasteiger partial charge in [-0.3, -0.25) is 15.1 Å². The number of nitrogens with zero attached hydrogens (tertiary/aromatic N) is 2. The first kappa shape index (κ1) is 29.0. The van der Waals surface area contributed by atoms with Crippen LogP contribution in [0.25, 0.3) is 11.1 Å². The number of methoxy groups -OCH3 is 1. The molecule has 0 aliphatic carbocycles. The quantitative estimate of drug-likeness (QED) is 0.350. The number of hydrogen-bond donors (Lipinski definition) is 2. The third-order valence-corrected chi connectivity index (χ3v) is 7.85. The number of pyridine rings is 1.